The van der Waals surface area contributed by atoms with E-state index in [4.69, 9.17) is 9.47 Å². The van der Waals surface area contributed by atoms with Gasteiger partial charge < -0.3 is 14.0 Å². The van der Waals surface area contributed by atoms with Crippen LogP contribution in [-0.4, -0.2) is 26.4 Å². The zero-order valence-corrected chi connectivity index (χ0v) is 21.8. The molecule has 0 saturated carbocycles. The molecule has 32 heavy (non-hydrogen) atoms. The Morgan fingerprint density at radius 2 is 1.66 bits per heavy atom. The maximum absolute atomic E-state index is 6.26. The van der Waals surface area contributed by atoms with Gasteiger partial charge in [0.05, 0.1) is 18.3 Å². The highest BCUT2D eigenvalue weighted by Crippen LogP contribution is 2.43. The third-order valence-corrected chi connectivity index (χ3v) is 8.07. The SMILES string of the molecule is COc1cccc(-c2c(-c3ccccc3Br)n(COCC[Si](C)(C)C)c3ccccc23)c1. The molecule has 4 rings (SSSR count). The second-order valence-electron chi connectivity index (χ2n) is 9.23. The normalized spacial score (nSPS) is 11.8. The lowest BCUT2D eigenvalue weighted by atomic mass is 9.98. The lowest BCUT2D eigenvalue weighted by Crippen LogP contribution is -2.22. The molecule has 166 valence electrons. The van der Waals surface area contributed by atoms with Crippen LogP contribution in [0.3, 0.4) is 0 Å². The first-order valence-corrected chi connectivity index (χ1v) is 15.5. The van der Waals surface area contributed by atoms with Crippen molar-refractivity contribution in [2.24, 2.45) is 0 Å². The summed E-state index contributed by atoms with van der Waals surface area (Å²) in [7, 11) is 0.563. The second kappa shape index (κ2) is 9.65. The zero-order chi connectivity index (χ0) is 22.7. The van der Waals surface area contributed by atoms with Gasteiger partial charge in [-0.2, -0.15) is 0 Å². The molecule has 0 radical (unpaired) electrons. The highest BCUT2D eigenvalue weighted by molar-refractivity contribution is 9.10. The quantitative estimate of drug-likeness (QED) is 0.178. The largest absolute Gasteiger partial charge is 0.497 e. The van der Waals surface area contributed by atoms with E-state index < -0.39 is 8.07 Å². The van der Waals surface area contributed by atoms with Crippen molar-refractivity contribution >= 4 is 34.9 Å². The van der Waals surface area contributed by atoms with E-state index in [0.717, 1.165) is 39.7 Å². The fourth-order valence-electron chi connectivity index (χ4n) is 3.98. The summed E-state index contributed by atoms with van der Waals surface area (Å²) in [6.07, 6.45) is 0. The lowest BCUT2D eigenvalue weighted by Gasteiger charge is -2.18. The van der Waals surface area contributed by atoms with Crippen molar-refractivity contribution < 1.29 is 9.47 Å². The molecule has 1 aromatic heterocycles. The van der Waals surface area contributed by atoms with E-state index in [1.165, 1.54) is 16.5 Å². The van der Waals surface area contributed by atoms with Gasteiger partial charge in [0, 0.05) is 35.7 Å². The van der Waals surface area contributed by atoms with Crippen molar-refractivity contribution in [3.63, 3.8) is 0 Å². The summed E-state index contributed by atoms with van der Waals surface area (Å²) < 4.78 is 15.2. The van der Waals surface area contributed by atoms with Crippen LogP contribution in [0.5, 0.6) is 5.75 Å². The van der Waals surface area contributed by atoms with Gasteiger partial charge in [-0.05, 0) is 35.9 Å². The molecule has 3 aromatic carbocycles. The number of hydrogen-bond acceptors (Lipinski definition) is 2. The first-order chi connectivity index (χ1) is 15.4. The maximum atomic E-state index is 6.26. The van der Waals surface area contributed by atoms with Gasteiger partial charge in [0.15, 0.2) is 0 Å². The van der Waals surface area contributed by atoms with Gasteiger partial charge in [0.25, 0.3) is 0 Å². The topological polar surface area (TPSA) is 23.4 Å². The fraction of sp³-hybridized carbons (Fsp3) is 0.259. The van der Waals surface area contributed by atoms with Crippen LogP contribution in [0.1, 0.15) is 0 Å². The van der Waals surface area contributed by atoms with Crippen LogP contribution in [0.4, 0.5) is 0 Å². The molecule has 0 aliphatic carbocycles. The Morgan fingerprint density at radius 3 is 2.41 bits per heavy atom. The summed E-state index contributed by atoms with van der Waals surface area (Å²) in [6, 6.07) is 26.4. The van der Waals surface area contributed by atoms with E-state index in [9.17, 15) is 0 Å². The zero-order valence-electron chi connectivity index (χ0n) is 19.2. The number of fused-ring (bicyclic) bond motifs is 1. The van der Waals surface area contributed by atoms with E-state index in [0.29, 0.717) is 6.73 Å². The Labute approximate surface area is 200 Å². The molecule has 3 nitrogen and oxygen atoms in total. The molecule has 0 saturated heterocycles. The van der Waals surface area contributed by atoms with Crippen LogP contribution in [-0.2, 0) is 11.5 Å². The summed E-state index contributed by atoms with van der Waals surface area (Å²) >= 11 is 3.79. The number of ether oxygens (including phenoxy) is 2. The molecule has 0 atom stereocenters. The fourth-order valence-corrected chi connectivity index (χ4v) is 5.21. The average molecular weight is 509 g/mol. The summed E-state index contributed by atoms with van der Waals surface area (Å²) in [4.78, 5) is 0. The Kier molecular flexibility index (Phi) is 6.89. The van der Waals surface area contributed by atoms with Crippen molar-refractivity contribution in [2.75, 3.05) is 13.7 Å². The van der Waals surface area contributed by atoms with Crippen LogP contribution in [0, 0.1) is 0 Å². The minimum Gasteiger partial charge on any atom is -0.497 e. The lowest BCUT2D eigenvalue weighted by molar-refractivity contribution is 0.0913. The van der Waals surface area contributed by atoms with Crippen LogP contribution < -0.4 is 4.74 Å². The van der Waals surface area contributed by atoms with Gasteiger partial charge in [-0.25, -0.2) is 0 Å². The molecule has 1 heterocycles. The predicted molar refractivity (Wildman–Crippen MR) is 141 cm³/mol. The van der Waals surface area contributed by atoms with E-state index in [1.54, 1.807) is 7.11 Å². The van der Waals surface area contributed by atoms with Crippen molar-refractivity contribution in [3.8, 4) is 28.1 Å². The van der Waals surface area contributed by atoms with E-state index >= 15 is 0 Å². The highest BCUT2D eigenvalue weighted by atomic mass is 79.9. The van der Waals surface area contributed by atoms with E-state index in [2.05, 4.69) is 107 Å². The summed E-state index contributed by atoms with van der Waals surface area (Å²) in [5.41, 5.74) is 5.80. The summed E-state index contributed by atoms with van der Waals surface area (Å²) in [6.45, 7) is 8.45. The monoisotopic (exact) mass is 507 g/mol. The Morgan fingerprint density at radius 1 is 0.906 bits per heavy atom. The summed E-state index contributed by atoms with van der Waals surface area (Å²) in [5, 5.41) is 1.21. The van der Waals surface area contributed by atoms with Gasteiger partial charge >= 0.3 is 0 Å². The van der Waals surface area contributed by atoms with Gasteiger partial charge in [0.1, 0.15) is 12.5 Å². The number of rotatable bonds is 8. The third kappa shape index (κ3) is 4.85. The highest BCUT2D eigenvalue weighted by Gasteiger charge is 2.22. The molecule has 0 amide bonds. The van der Waals surface area contributed by atoms with Crippen LogP contribution >= 0.6 is 15.9 Å². The van der Waals surface area contributed by atoms with Crippen molar-refractivity contribution in [3.05, 3.63) is 77.3 Å². The number of para-hydroxylation sites is 1. The van der Waals surface area contributed by atoms with Gasteiger partial charge in [-0.15, -0.1) is 0 Å². The van der Waals surface area contributed by atoms with Crippen molar-refractivity contribution in [2.45, 2.75) is 32.4 Å². The number of methoxy groups -OCH3 is 1. The number of nitrogens with zero attached hydrogens (tertiary/aromatic N) is 1. The molecular formula is C27H30BrNO2Si. The standard InChI is InChI=1S/C27H30BrNO2Si/c1-30-21-11-9-10-20(18-21)26-23-13-6-8-15-25(23)29(19-31-16-17-32(2,3)4)27(26)22-12-5-7-14-24(22)28/h5-15,18H,16-17,19H2,1-4H3. The Bertz CT molecular complexity index is 1230. The van der Waals surface area contributed by atoms with Crippen LogP contribution in [0.2, 0.25) is 25.7 Å². The van der Waals surface area contributed by atoms with Crippen LogP contribution in [0.25, 0.3) is 33.3 Å². The number of aromatic nitrogens is 1. The first-order valence-electron chi connectivity index (χ1n) is 11.0. The molecule has 0 aliphatic rings. The first kappa shape index (κ1) is 22.8. The smallest absolute Gasteiger partial charge is 0.123 e. The van der Waals surface area contributed by atoms with Crippen molar-refractivity contribution in [1.82, 2.24) is 4.57 Å². The molecule has 5 heteroatoms. The molecule has 0 spiro atoms. The van der Waals surface area contributed by atoms with Gasteiger partial charge in [0.2, 0.25) is 0 Å². The molecule has 0 unspecified atom stereocenters. The van der Waals surface area contributed by atoms with Gasteiger partial charge in [-0.1, -0.05) is 84.1 Å². The second-order valence-corrected chi connectivity index (χ2v) is 15.7. The van der Waals surface area contributed by atoms with Gasteiger partial charge in [-0.3, -0.25) is 0 Å². The molecule has 0 N–H and O–H groups in total. The molecule has 0 bridgehead atoms. The van der Waals surface area contributed by atoms with E-state index in [1.807, 2.05) is 6.07 Å². The number of hydrogen-bond donors (Lipinski definition) is 0. The van der Waals surface area contributed by atoms with Crippen LogP contribution in [0.15, 0.2) is 77.3 Å². The Balaban J connectivity index is 1.92. The minimum absolute atomic E-state index is 0.519. The van der Waals surface area contributed by atoms with E-state index in [-0.39, 0.29) is 0 Å². The number of benzene rings is 3. The maximum Gasteiger partial charge on any atom is 0.123 e. The van der Waals surface area contributed by atoms with Crippen molar-refractivity contribution in [1.29, 1.82) is 0 Å². The molecule has 0 fully saturated rings. The Hall–Kier alpha value is -2.34. The molecule has 4 aromatic rings. The predicted octanol–water partition coefficient (Wildman–Crippen LogP) is 8.06. The average Bonchev–Trinajstić information content (AvgIpc) is 3.10. The minimum atomic E-state index is -1.15. The third-order valence-electron chi connectivity index (χ3n) is 5.68. The summed E-state index contributed by atoms with van der Waals surface area (Å²) in [5.74, 6) is 0.851. The molecular weight excluding hydrogens is 478 g/mol. The molecule has 0 aliphatic heterocycles. The number of halogens is 1.